The number of amides is 1. The number of nitrogens with zero attached hydrogens (tertiary/aromatic N) is 3. The number of thioether (sulfide) groups is 1. The van der Waals surface area contributed by atoms with E-state index < -0.39 is 0 Å². The summed E-state index contributed by atoms with van der Waals surface area (Å²) in [5.74, 6) is -0.108. The number of carbonyl (C=O) groups excluding carboxylic acids is 1. The van der Waals surface area contributed by atoms with E-state index in [-0.39, 0.29) is 17.5 Å². The molecule has 0 aliphatic carbocycles. The lowest BCUT2D eigenvalue weighted by molar-refractivity contribution is -0.116. The molecule has 0 spiro atoms. The molecule has 0 aliphatic heterocycles. The number of hydrogen-bond acceptors (Lipinski definition) is 5. The maximum Gasteiger partial charge on any atom is 0.239 e. The van der Waals surface area contributed by atoms with Gasteiger partial charge in [-0.2, -0.15) is 0 Å². The molecule has 2 aromatic carbocycles. The second kappa shape index (κ2) is 8.71. The molecule has 0 unspecified atom stereocenters. The predicted octanol–water partition coefficient (Wildman–Crippen LogP) is 5.46. The number of benzene rings is 2. The van der Waals surface area contributed by atoms with Gasteiger partial charge in [0, 0.05) is 17.3 Å². The average molecular weight is 424 g/mol. The van der Waals surface area contributed by atoms with Crippen molar-refractivity contribution in [2.24, 2.45) is 0 Å². The van der Waals surface area contributed by atoms with Crippen LogP contribution in [0.15, 0.2) is 71.9 Å². The molecule has 2 heterocycles. The fourth-order valence-electron chi connectivity index (χ4n) is 2.83. The fraction of sp³-hybridized carbons (Fsp3) is 0.136. The predicted molar refractivity (Wildman–Crippen MR) is 117 cm³/mol. The van der Waals surface area contributed by atoms with E-state index >= 15 is 0 Å². The molecule has 2 aromatic heterocycles. The van der Waals surface area contributed by atoms with E-state index in [2.05, 4.69) is 16.0 Å². The van der Waals surface area contributed by atoms with Crippen LogP contribution in [0.1, 0.15) is 11.1 Å². The Hall–Kier alpha value is -2.77. The van der Waals surface area contributed by atoms with E-state index in [1.54, 1.807) is 29.4 Å². The third kappa shape index (κ3) is 4.81. The third-order valence-corrected chi connectivity index (χ3v) is 6.34. The Labute approximate surface area is 176 Å². The molecule has 4 aromatic rings. The van der Waals surface area contributed by atoms with Gasteiger partial charge in [0.25, 0.3) is 0 Å². The summed E-state index contributed by atoms with van der Waals surface area (Å²) >= 11 is 2.89. The molecule has 7 heteroatoms. The lowest BCUT2D eigenvalue weighted by atomic mass is 10.2. The van der Waals surface area contributed by atoms with Crippen molar-refractivity contribution in [3.63, 3.8) is 0 Å². The smallest absolute Gasteiger partial charge is 0.239 e. The monoisotopic (exact) mass is 423 g/mol. The number of anilines is 1. The van der Waals surface area contributed by atoms with Crippen LogP contribution >= 0.6 is 23.1 Å². The third-order valence-electron chi connectivity index (χ3n) is 4.30. The van der Waals surface area contributed by atoms with Gasteiger partial charge in [0.1, 0.15) is 5.82 Å². The lowest BCUT2D eigenvalue weighted by Crippen LogP contribution is -2.31. The quantitative estimate of drug-likeness (QED) is 0.386. The largest absolute Gasteiger partial charge is 0.283 e. The van der Waals surface area contributed by atoms with Crippen LogP contribution in [-0.2, 0) is 11.3 Å². The highest BCUT2D eigenvalue weighted by Crippen LogP contribution is 2.31. The molecule has 1 amide bonds. The zero-order valence-electron chi connectivity index (χ0n) is 15.7. The Balaban J connectivity index is 1.59. The normalized spacial score (nSPS) is 11.0. The Morgan fingerprint density at radius 3 is 2.76 bits per heavy atom. The molecule has 0 bridgehead atoms. The zero-order chi connectivity index (χ0) is 20.2. The standard InChI is InChI=1S/C22H18FN3OS2/c1-15-4-9-19-20(11-15)29-22(25-19)26(13-16-3-2-10-24-12-16)21(27)14-28-18-7-5-17(23)6-8-18/h2-12H,13-14H2,1H3. The number of pyridine rings is 1. The van der Waals surface area contributed by atoms with E-state index in [1.807, 2.05) is 31.2 Å². The summed E-state index contributed by atoms with van der Waals surface area (Å²) in [6, 6.07) is 16.0. The summed E-state index contributed by atoms with van der Waals surface area (Å²) in [7, 11) is 0. The summed E-state index contributed by atoms with van der Waals surface area (Å²) in [5.41, 5.74) is 2.97. The molecule has 0 fully saturated rings. The van der Waals surface area contributed by atoms with E-state index in [0.717, 1.165) is 26.2 Å². The minimum Gasteiger partial charge on any atom is -0.283 e. The molecule has 4 rings (SSSR count). The fourth-order valence-corrected chi connectivity index (χ4v) is 4.68. The number of aryl methyl sites for hydroxylation is 1. The Morgan fingerprint density at radius 1 is 1.17 bits per heavy atom. The minimum absolute atomic E-state index is 0.0565. The van der Waals surface area contributed by atoms with Crippen LogP contribution in [0.2, 0.25) is 0 Å². The van der Waals surface area contributed by atoms with E-state index in [4.69, 9.17) is 0 Å². The van der Waals surface area contributed by atoms with Crippen LogP contribution in [0.5, 0.6) is 0 Å². The topological polar surface area (TPSA) is 46.1 Å². The number of thiazole rings is 1. The number of halogens is 1. The Kier molecular flexibility index (Phi) is 5.87. The molecule has 29 heavy (non-hydrogen) atoms. The minimum atomic E-state index is -0.288. The summed E-state index contributed by atoms with van der Waals surface area (Å²) in [5, 5.41) is 0.666. The maximum atomic E-state index is 13.1. The first-order chi connectivity index (χ1) is 14.1. The first-order valence-electron chi connectivity index (χ1n) is 9.03. The second-order valence-corrected chi connectivity index (χ2v) is 8.61. The van der Waals surface area contributed by atoms with Gasteiger partial charge in [-0.05, 0) is 60.5 Å². The Bertz CT molecular complexity index is 1130. The van der Waals surface area contributed by atoms with Crippen molar-refractivity contribution in [2.45, 2.75) is 18.4 Å². The summed E-state index contributed by atoms with van der Waals surface area (Å²) in [6.45, 7) is 2.44. The van der Waals surface area contributed by atoms with Gasteiger partial charge in [-0.3, -0.25) is 14.7 Å². The molecule has 0 atom stereocenters. The summed E-state index contributed by atoms with van der Waals surface area (Å²) < 4.78 is 14.2. The van der Waals surface area contributed by atoms with Crippen LogP contribution in [0.3, 0.4) is 0 Å². The SMILES string of the molecule is Cc1ccc2nc(N(Cc3cccnc3)C(=O)CSc3ccc(F)cc3)sc2c1. The first-order valence-corrected chi connectivity index (χ1v) is 10.8. The molecular formula is C22H18FN3OS2. The summed E-state index contributed by atoms with van der Waals surface area (Å²) in [6.07, 6.45) is 3.46. The van der Waals surface area contributed by atoms with Gasteiger partial charge < -0.3 is 0 Å². The van der Waals surface area contributed by atoms with Crippen molar-refractivity contribution in [1.29, 1.82) is 0 Å². The number of carbonyl (C=O) groups is 1. The van der Waals surface area contributed by atoms with Crippen molar-refractivity contribution in [3.8, 4) is 0 Å². The average Bonchev–Trinajstić information content (AvgIpc) is 3.15. The highest BCUT2D eigenvalue weighted by molar-refractivity contribution is 8.00. The summed E-state index contributed by atoms with van der Waals surface area (Å²) in [4.78, 5) is 24.5. The number of hydrogen-bond donors (Lipinski definition) is 0. The molecule has 146 valence electrons. The van der Waals surface area contributed by atoms with Crippen molar-refractivity contribution >= 4 is 44.4 Å². The van der Waals surface area contributed by atoms with Crippen LogP contribution in [0, 0.1) is 12.7 Å². The van der Waals surface area contributed by atoms with Crippen molar-refractivity contribution < 1.29 is 9.18 Å². The molecule has 0 saturated heterocycles. The molecule has 0 radical (unpaired) electrons. The highest BCUT2D eigenvalue weighted by atomic mass is 32.2. The van der Waals surface area contributed by atoms with Gasteiger partial charge in [0.15, 0.2) is 5.13 Å². The van der Waals surface area contributed by atoms with Crippen LogP contribution in [-0.4, -0.2) is 21.6 Å². The van der Waals surface area contributed by atoms with Gasteiger partial charge in [0.2, 0.25) is 5.91 Å². The highest BCUT2D eigenvalue weighted by Gasteiger charge is 2.20. The molecule has 0 N–H and O–H groups in total. The molecular weight excluding hydrogens is 405 g/mol. The molecule has 4 nitrogen and oxygen atoms in total. The lowest BCUT2D eigenvalue weighted by Gasteiger charge is -2.19. The number of rotatable bonds is 6. The maximum absolute atomic E-state index is 13.1. The van der Waals surface area contributed by atoms with Gasteiger partial charge in [-0.25, -0.2) is 9.37 Å². The molecule has 0 aliphatic rings. The van der Waals surface area contributed by atoms with Crippen molar-refractivity contribution in [3.05, 3.63) is 83.9 Å². The van der Waals surface area contributed by atoms with E-state index in [9.17, 15) is 9.18 Å². The van der Waals surface area contributed by atoms with Gasteiger partial charge in [-0.15, -0.1) is 11.8 Å². The van der Waals surface area contributed by atoms with Gasteiger partial charge >= 0.3 is 0 Å². The van der Waals surface area contributed by atoms with Crippen LogP contribution in [0.4, 0.5) is 9.52 Å². The van der Waals surface area contributed by atoms with Gasteiger partial charge in [-0.1, -0.05) is 23.5 Å². The van der Waals surface area contributed by atoms with E-state index in [0.29, 0.717) is 11.7 Å². The second-order valence-electron chi connectivity index (χ2n) is 6.55. The van der Waals surface area contributed by atoms with Gasteiger partial charge in [0.05, 0.1) is 22.5 Å². The molecule has 0 saturated carbocycles. The van der Waals surface area contributed by atoms with E-state index in [1.165, 1.54) is 35.2 Å². The number of aromatic nitrogens is 2. The Morgan fingerprint density at radius 2 is 2.00 bits per heavy atom. The van der Waals surface area contributed by atoms with Crippen LogP contribution < -0.4 is 4.90 Å². The van der Waals surface area contributed by atoms with Crippen molar-refractivity contribution in [1.82, 2.24) is 9.97 Å². The first kappa shape index (κ1) is 19.5. The number of fused-ring (bicyclic) bond motifs is 1. The van der Waals surface area contributed by atoms with Crippen LogP contribution in [0.25, 0.3) is 10.2 Å². The van der Waals surface area contributed by atoms with Crippen molar-refractivity contribution in [2.75, 3.05) is 10.7 Å². The zero-order valence-corrected chi connectivity index (χ0v) is 17.3.